The Morgan fingerprint density at radius 3 is 2.62 bits per heavy atom. The van der Waals surface area contributed by atoms with Gasteiger partial charge in [-0.25, -0.2) is 4.98 Å². The van der Waals surface area contributed by atoms with Crippen molar-refractivity contribution >= 4 is 10.9 Å². The monoisotopic (exact) mass is 218 g/mol. The normalized spacial score (nSPS) is 9.69. The van der Waals surface area contributed by atoms with Crippen molar-refractivity contribution in [3.63, 3.8) is 0 Å². The number of hydrogen-bond acceptors (Lipinski definition) is 3. The summed E-state index contributed by atoms with van der Waals surface area (Å²) in [6.45, 7) is 4.58. The first-order chi connectivity index (χ1) is 7.81. The van der Waals surface area contributed by atoms with Crippen LogP contribution in [-0.4, -0.2) is 16.6 Å². The molecule has 0 saturated heterocycles. The van der Waals surface area contributed by atoms with Crippen molar-refractivity contribution in [2.45, 2.75) is 20.3 Å². The molecule has 2 aromatic rings. The smallest absolute Gasteiger partial charge is 0.141 e. The van der Waals surface area contributed by atoms with Crippen LogP contribution in [-0.2, 0) is 6.42 Å². The van der Waals surface area contributed by atoms with Gasteiger partial charge in [0, 0.05) is 17.5 Å². The molecule has 1 heterocycles. The molecule has 0 saturated carbocycles. The number of hydrogen-bond donors (Lipinski definition) is 2. The van der Waals surface area contributed by atoms with Gasteiger partial charge in [-0.3, -0.25) is 0 Å². The fraction of sp³-hybridized carbons (Fsp3) is 0.308. The molecular formula is C13H18N2O. The summed E-state index contributed by atoms with van der Waals surface area (Å²) in [4.78, 5) is 4.33. The Morgan fingerprint density at radius 1 is 1.19 bits per heavy atom. The van der Waals surface area contributed by atoms with Crippen molar-refractivity contribution in [1.29, 1.82) is 0 Å². The number of aromatic hydroxyl groups is 1. The van der Waals surface area contributed by atoms with E-state index in [9.17, 15) is 5.11 Å². The van der Waals surface area contributed by atoms with Crippen LogP contribution >= 0.6 is 0 Å². The van der Waals surface area contributed by atoms with E-state index >= 15 is 0 Å². The van der Waals surface area contributed by atoms with Gasteiger partial charge in [0.1, 0.15) is 11.3 Å². The lowest BCUT2D eigenvalue weighted by Crippen LogP contribution is -2.04. The lowest BCUT2D eigenvalue weighted by atomic mass is 10.1. The average molecular weight is 218 g/mol. The highest BCUT2D eigenvalue weighted by molar-refractivity contribution is 5.84. The highest BCUT2D eigenvalue weighted by Crippen LogP contribution is 2.22. The molecule has 0 fully saturated rings. The molecule has 3 heteroatoms. The highest BCUT2D eigenvalue weighted by atomic mass is 16.3. The van der Waals surface area contributed by atoms with Crippen molar-refractivity contribution in [2.24, 2.45) is 5.73 Å². The Hall–Kier alpha value is -1.61. The van der Waals surface area contributed by atoms with Crippen LogP contribution in [0.25, 0.3) is 10.9 Å². The summed E-state index contributed by atoms with van der Waals surface area (Å²) in [6, 6.07) is 9.26. The number of phenols is 1. The van der Waals surface area contributed by atoms with Gasteiger partial charge in [0.05, 0.1) is 0 Å². The fourth-order valence-electron chi connectivity index (χ4n) is 1.46. The maximum Gasteiger partial charge on any atom is 0.141 e. The van der Waals surface area contributed by atoms with Crippen molar-refractivity contribution in [3.8, 4) is 5.75 Å². The average Bonchev–Trinajstić information content (AvgIpc) is 2.33. The standard InChI is InChI=1S/C11H12N2O.C2H6/c12-7-6-9-5-4-8-2-1-3-10(14)11(8)13-9;1-2/h1-5,14H,6-7,12H2;1-2H3. The number of rotatable bonds is 2. The molecule has 0 atom stereocenters. The Morgan fingerprint density at radius 2 is 1.94 bits per heavy atom. The second-order valence-electron chi connectivity index (χ2n) is 3.19. The topological polar surface area (TPSA) is 59.1 Å². The molecule has 0 unspecified atom stereocenters. The fourth-order valence-corrected chi connectivity index (χ4v) is 1.46. The summed E-state index contributed by atoms with van der Waals surface area (Å²) in [6.07, 6.45) is 0.740. The summed E-state index contributed by atoms with van der Waals surface area (Å²) in [5.74, 6) is 0.223. The van der Waals surface area contributed by atoms with Crippen molar-refractivity contribution in [1.82, 2.24) is 4.98 Å². The number of aromatic nitrogens is 1. The molecule has 0 radical (unpaired) electrons. The summed E-state index contributed by atoms with van der Waals surface area (Å²) in [5.41, 5.74) is 7.01. The molecule has 0 aliphatic heterocycles. The molecule has 0 bridgehead atoms. The molecule has 86 valence electrons. The minimum Gasteiger partial charge on any atom is -0.506 e. The third kappa shape index (κ3) is 2.70. The number of nitrogens with zero attached hydrogens (tertiary/aromatic N) is 1. The maximum atomic E-state index is 9.57. The van der Waals surface area contributed by atoms with Crippen molar-refractivity contribution < 1.29 is 5.11 Å². The van der Waals surface area contributed by atoms with Crippen LogP contribution in [0.3, 0.4) is 0 Å². The van der Waals surface area contributed by atoms with Crippen molar-refractivity contribution in [2.75, 3.05) is 6.54 Å². The summed E-state index contributed by atoms with van der Waals surface area (Å²) in [7, 11) is 0. The van der Waals surface area contributed by atoms with E-state index in [1.54, 1.807) is 6.07 Å². The first-order valence-electron chi connectivity index (χ1n) is 5.59. The molecule has 3 N–H and O–H groups in total. The molecule has 0 aliphatic rings. The minimum atomic E-state index is 0.223. The first-order valence-corrected chi connectivity index (χ1v) is 5.59. The van der Waals surface area contributed by atoms with E-state index in [-0.39, 0.29) is 5.75 Å². The van der Waals surface area contributed by atoms with Gasteiger partial charge in [0.15, 0.2) is 0 Å². The molecule has 0 amide bonds. The van der Waals surface area contributed by atoms with Gasteiger partial charge in [0.25, 0.3) is 0 Å². The van der Waals surface area contributed by atoms with E-state index in [2.05, 4.69) is 4.98 Å². The van der Waals surface area contributed by atoms with E-state index in [1.807, 2.05) is 38.1 Å². The number of pyridine rings is 1. The van der Waals surface area contributed by atoms with E-state index in [0.717, 1.165) is 17.5 Å². The number of fused-ring (bicyclic) bond motifs is 1. The quantitative estimate of drug-likeness (QED) is 0.814. The molecule has 0 spiro atoms. The molecule has 1 aromatic carbocycles. The van der Waals surface area contributed by atoms with Crippen LogP contribution in [0.2, 0.25) is 0 Å². The van der Waals surface area contributed by atoms with Gasteiger partial charge in [-0.15, -0.1) is 0 Å². The van der Waals surface area contributed by atoms with Gasteiger partial charge in [-0.1, -0.05) is 32.0 Å². The number of para-hydroxylation sites is 1. The van der Waals surface area contributed by atoms with Crippen LogP contribution in [0.5, 0.6) is 5.75 Å². The summed E-state index contributed by atoms with van der Waals surface area (Å²) >= 11 is 0. The Balaban J connectivity index is 0.000000606. The van der Waals surface area contributed by atoms with Crippen LogP contribution < -0.4 is 5.73 Å². The van der Waals surface area contributed by atoms with E-state index < -0.39 is 0 Å². The molecule has 2 rings (SSSR count). The van der Waals surface area contributed by atoms with Gasteiger partial charge in [-0.05, 0) is 18.7 Å². The largest absolute Gasteiger partial charge is 0.506 e. The van der Waals surface area contributed by atoms with Crippen LogP contribution in [0, 0.1) is 0 Å². The van der Waals surface area contributed by atoms with Gasteiger partial charge in [0.2, 0.25) is 0 Å². The zero-order valence-electron chi connectivity index (χ0n) is 9.77. The second-order valence-corrected chi connectivity index (χ2v) is 3.19. The van der Waals surface area contributed by atoms with E-state index in [4.69, 9.17) is 5.73 Å². The summed E-state index contributed by atoms with van der Waals surface area (Å²) < 4.78 is 0. The lowest BCUT2D eigenvalue weighted by Gasteiger charge is -2.02. The van der Waals surface area contributed by atoms with Crippen LogP contribution in [0.4, 0.5) is 0 Å². The number of nitrogens with two attached hydrogens (primary N) is 1. The maximum absolute atomic E-state index is 9.57. The molecule has 3 nitrogen and oxygen atoms in total. The second kappa shape index (κ2) is 6.08. The van der Waals surface area contributed by atoms with Gasteiger partial charge < -0.3 is 10.8 Å². The lowest BCUT2D eigenvalue weighted by molar-refractivity contribution is 0.480. The number of benzene rings is 1. The highest BCUT2D eigenvalue weighted by Gasteiger charge is 2.01. The van der Waals surface area contributed by atoms with E-state index in [0.29, 0.717) is 12.1 Å². The summed E-state index contributed by atoms with van der Waals surface area (Å²) in [5, 5.41) is 10.5. The van der Waals surface area contributed by atoms with Crippen molar-refractivity contribution in [3.05, 3.63) is 36.0 Å². The van der Waals surface area contributed by atoms with Crippen LogP contribution in [0.1, 0.15) is 19.5 Å². The molecular weight excluding hydrogens is 200 g/mol. The molecule has 16 heavy (non-hydrogen) atoms. The first kappa shape index (κ1) is 12.5. The molecule has 1 aromatic heterocycles. The van der Waals surface area contributed by atoms with Crippen LogP contribution in [0.15, 0.2) is 30.3 Å². The molecule has 0 aliphatic carbocycles. The van der Waals surface area contributed by atoms with Gasteiger partial charge >= 0.3 is 0 Å². The zero-order valence-corrected chi connectivity index (χ0v) is 9.77. The predicted octanol–water partition coefficient (Wildman–Crippen LogP) is 2.47. The third-order valence-electron chi connectivity index (χ3n) is 2.16. The minimum absolute atomic E-state index is 0.223. The Kier molecular flexibility index (Phi) is 4.73. The van der Waals surface area contributed by atoms with E-state index in [1.165, 1.54) is 0 Å². The predicted molar refractivity (Wildman–Crippen MR) is 67.5 cm³/mol. The SMILES string of the molecule is CC.NCCc1ccc2cccc(O)c2n1. The number of phenolic OH excluding ortho intramolecular Hbond substituents is 1. The Bertz CT molecular complexity index is 455. The Labute approximate surface area is 95.9 Å². The van der Waals surface area contributed by atoms with Gasteiger partial charge in [-0.2, -0.15) is 0 Å². The third-order valence-corrected chi connectivity index (χ3v) is 2.16. The zero-order chi connectivity index (χ0) is 12.0.